The van der Waals surface area contributed by atoms with E-state index in [0.717, 1.165) is 0 Å². The molecule has 0 unspecified atom stereocenters. The van der Waals surface area contributed by atoms with Gasteiger partial charge in [-0.15, -0.1) is 0 Å². The van der Waals surface area contributed by atoms with Gasteiger partial charge in [0.1, 0.15) is 0 Å². The summed E-state index contributed by atoms with van der Waals surface area (Å²) in [6.45, 7) is 1.62. The smallest absolute Gasteiger partial charge is 0.346 e. The van der Waals surface area contributed by atoms with Gasteiger partial charge in [0, 0.05) is 0 Å². The molecule has 0 saturated heterocycles. The summed E-state index contributed by atoms with van der Waals surface area (Å²) in [4.78, 5) is 11.1. The van der Waals surface area contributed by atoms with E-state index in [2.05, 4.69) is 4.74 Å². The van der Waals surface area contributed by atoms with Gasteiger partial charge < -0.3 is 14.2 Å². The molecule has 0 aliphatic rings. The number of para-hydroxylation sites is 2. The first-order chi connectivity index (χ1) is 7.19. The van der Waals surface area contributed by atoms with Crippen molar-refractivity contribution in [1.29, 1.82) is 0 Å². The van der Waals surface area contributed by atoms with E-state index in [4.69, 9.17) is 9.47 Å². The Kier molecular flexibility index (Phi) is 3.97. The third-order valence-corrected chi connectivity index (χ3v) is 1.91. The Hall–Kier alpha value is -1.71. The van der Waals surface area contributed by atoms with Gasteiger partial charge >= 0.3 is 5.97 Å². The summed E-state index contributed by atoms with van der Waals surface area (Å²) in [6.07, 6.45) is -0.647. The third kappa shape index (κ3) is 2.87. The Morgan fingerprint density at radius 1 is 1.20 bits per heavy atom. The predicted octanol–water partition coefficient (Wildman–Crippen LogP) is 1.64. The Balaban J connectivity index is 2.75. The minimum absolute atomic E-state index is 0.416. The van der Waals surface area contributed by atoms with Gasteiger partial charge in [0.05, 0.1) is 14.2 Å². The number of methoxy groups -OCH3 is 2. The number of hydrogen-bond acceptors (Lipinski definition) is 4. The molecule has 4 heteroatoms. The molecule has 1 rings (SSSR count). The topological polar surface area (TPSA) is 44.8 Å². The van der Waals surface area contributed by atoms with E-state index in [1.807, 2.05) is 12.1 Å². The molecular weight excluding hydrogens is 196 g/mol. The molecule has 0 bridgehead atoms. The molecule has 4 nitrogen and oxygen atoms in total. The largest absolute Gasteiger partial charge is 0.493 e. The lowest BCUT2D eigenvalue weighted by atomic mass is 10.3. The second-order valence-electron chi connectivity index (χ2n) is 2.93. The SMILES string of the molecule is COC(=O)[C@H](C)Oc1ccccc1OC. The Morgan fingerprint density at radius 2 is 1.80 bits per heavy atom. The Bertz CT molecular complexity index is 335. The van der Waals surface area contributed by atoms with Crippen LogP contribution >= 0.6 is 0 Å². The third-order valence-electron chi connectivity index (χ3n) is 1.91. The molecule has 0 N–H and O–H groups in total. The lowest BCUT2D eigenvalue weighted by molar-refractivity contribution is -0.147. The molecule has 0 radical (unpaired) electrons. The van der Waals surface area contributed by atoms with E-state index in [9.17, 15) is 4.79 Å². The minimum atomic E-state index is -0.647. The van der Waals surface area contributed by atoms with Gasteiger partial charge in [-0.3, -0.25) is 0 Å². The van der Waals surface area contributed by atoms with Crippen LogP contribution in [0, 0.1) is 0 Å². The van der Waals surface area contributed by atoms with Gasteiger partial charge in [-0.1, -0.05) is 12.1 Å². The zero-order chi connectivity index (χ0) is 11.3. The molecule has 0 aliphatic heterocycles. The van der Waals surface area contributed by atoms with Crippen LogP contribution in [0.3, 0.4) is 0 Å². The maximum atomic E-state index is 11.1. The van der Waals surface area contributed by atoms with Crippen LogP contribution in [0.5, 0.6) is 11.5 Å². The first kappa shape index (κ1) is 11.4. The van der Waals surface area contributed by atoms with Crippen molar-refractivity contribution in [1.82, 2.24) is 0 Å². The maximum absolute atomic E-state index is 11.1. The fourth-order valence-electron chi connectivity index (χ4n) is 1.12. The number of rotatable bonds is 4. The quantitative estimate of drug-likeness (QED) is 0.708. The summed E-state index contributed by atoms with van der Waals surface area (Å²) < 4.78 is 15.0. The van der Waals surface area contributed by atoms with Crippen LogP contribution in [-0.4, -0.2) is 26.3 Å². The molecule has 15 heavy (non-hydrogen) atoms. The first-order valence-corrected chi connectivity index (χ1v) is 4.56. The van der Waals surface area contributed by atoms with Crippen molar-refractivity contribution in [3.63, 3.8) is 0 Å². The van der Waals surface area contributed by atoms with Gasteiger partial charge in [-0.05, 0) is 19.1 Å². The van der Waals surface area contributed by atoms with Gasteiger partial charge in [-0.2, -0.15) is 0 Å². The van der Waals surface area contributed by atoms with Crippen LogP contribution < -0.4 is 9.47 Å². The number of ether oxygens (including phenoxy) is 3. The van der Waals surface area contributed by atoms with Gasteiger partial charge in [-0.25, -0.2) is 4.79 Å². The standard InChI is InChI=1S/C11H14O4/c1-8(11(12)14-3)15-10-7-5-4-6-9(10)13-2/h4-8H,1-3H3/t8-/m0/s1. The lowest BCUT2D eigenvalue weighted by Crippen LogP contribution is -2.25. The first-order valence-electron chi connectivity index (χ1n) is 4.56. The average Bonchev–Trinajstić information content (AvgIpc) is 2.28. The molecule has 0 aromatic heterocycles. The van der Waals surface area contributed by atoms with Crippen LogP contribution in [-0.2, 0) is 9.53 Å². The van der Waals surface area contributed by atoms with Crippen LogP contribution in [0.2, 0.25) is 0 Å². The Morgan fingerprint density at radius 3 is 2.33 bits per heavy atom. The molecule has 0 heterocycles. The zero-order valence-electron chi connectivity index (χ0n) is 9.02. The van der Waals surface area contributed by atoms with Gasteiger partial charge in [0.15, 0.2) is 17.6 Å². The molecule has 0 amide bonds. The molecule has 0 saturated carbocycles. The van der Waals surface area contributed by atoms with Crippen LogP contribution in [0.1, 0.15) is 6.92 Å². The highest BCUT2D eigenvalue weighted by atomic mass is 16.6. The highest BCUT2D eigenvalue weighted by molar-refractivity contribution is 5.74. The van der Waals surface area contributed by atoms with Gasteiger partial charge in [0.2, 0.25) is 0 Å². The number of carbonyl (C=O) groups excluding carboxylic acids is 1. The van der Waals surface area contributed by atoms with Crippen molar-refractivity contribution in [2.45, 2.75) is 13.0 Å². The summed E-state index contributed by atoms with van der Waals surface area (Å²) in [5.41, 5.74) is 0. The summed E-state index contributed by atoms with van der Waals surface area (Å²) in [7, 11) is 2.87. The summed E-state index contributed by atoms with van der Waals surface area (Å²) in [5, 5.41) is 0. The highest BCUT2D eigenvalue weighted by Gasteiger charge is 2.16. The summed E-state index contributed by atoms with van der Waals surface area (Å²) in [6, 6.07) is 7.13. The lowest BCUT2D eigenvalue weighted by Gasteiger charge is -2.14. The fraction of sp³-hybridized carbons (Fsp3) is 0.364. The number of esters is 1. The second kappa shape index (κ2) is 5.24. The summed E-state index contributed by atoms with van der Waals surface area (Å²) in [5.74, 6) is 0.701. The van der Waals surface area contributed by atoms with Crippen molar-refractivity contribution < 1.29 is 19.0 Å². The molecule has 1 aromatic rings. The van der Waals surface area contributed by atoms with Crippen molar-refractivity contribution in [2.24, 2.45) is 0 Å². The molecule has 0 aliphatic carbocycles. The molecule has 1 aromatic carbocycles. The number of benzene rings is 1. The Labute approximate surface area is 88.8 Å². The number of carbonyl (C=O) groups is 1. The van der Waals surface area contributed by atoms with Gasteiger partial charge in [0.25, 0.3) is 0 Å². The molecule has 0 spiro atoms. The van der Waals surface area contributed by atoms with Crippen LogP contribution in [0.15, 0.2) is 24.3 Å². The van der Waals surface area contributed by atoms with E-state index < -0.39 is 12.1 Å². The summed E-state index contributed by atoms with van der Waals surface area (Å²) >= 11 is 0. The van der Waals surface area contributed by atoms with E-state index >= 15 is 0 Å². The van der Waals surface area contributed by atoms with E-state index in [0.29, 0.717) is 11.5 Å². The molecule has 82 valence electrons. The van der Waals surface area contributed by atoms with E-state index in [-0.39, 0.29) is 0 Å². The second-order valence-corrected chi connectivity index (χ2v) is 2.93. The molecular formula is C11H14O4. The zero-order valence-corrected chi connectivity index (χ0v) is 9.02. The highest BCUT2D eigenvalue weighted by Crippen LogP contribution is 2.26. The molecule has 0 fully saturated rings. The average molecular weight is 210 g/mol. The predicted molar refractivity (Wildman–Crippen MR) is 55.1 cm³/mol. The maximum Gasteiger partial charge on any atom is 0.346 e. The normalized spacial score (nSPS) is 11.7. The van der Waals surface area contributed by atoms with E-state index in [1.54, 1.807) is 26.2 Å². The molecule has 1 atom stereocenters. The van der Waals surface area contributed by atoms with Crippen LogP contribution in [0.4, 0.5) is 0 Å². The van der Waals surface area contributed by atoms with Crippen LogP contribution in [0.25, 0.3) is 0 Å². The fourth-order valence-corrected chi connectivity index (χ4v) is 1.12. The minimum Gasteiger partial charge on any atom is -0.493 e. The number of hydrogen-bond donors (Lipinski definition) is 0. The monoisotopic (exact) mass is 210 g/mol. The van der Waals surface area contributed by atoms with Crippen molar-refractivity contribution in [2.75, 3.05) is 14.2 Å². The van der Waals surface area contributed by atoms with Crippen molar-refractivity contribution >= 4 is 5.97 Å². The van der Waals surface area contributed by atoms with E-state index in [1.165, 1.54) is 7.11 Å². The van der Waals surface area contributed by atoms with Crippen molar-refractivity contribution in [3.8, 4) is 11.5 Å². The van der Waals surface area contributed by atoms with Crippen molar-refractivity contribution in [3.05, 3.63) is 24.3 Å².